The maximum Gasteiger partial charge on any atom is 0.251 e. The largest absolute Gasteiger partial charge is 0.481 e. The van der Waals surface area contributed by atoms with Crippen molar-refractivity contribution in [2.24, 2.45) is 5.92 Å². The predicted molar refractivity (Wildman–Crippen MR) is 122 cm³/mol. The number of hydrogen-bond acceptors (Lipinski definition) is 9. The number of pyridine rings is 1. The topological polar surface area (TPSA) is 125 Å². The van der Waals surface area contributed by atoms with Crippen LogP contribution in [0.3, 0.4) is 0 Å². The Morgan fingerprint density at radius 1 is 1.24 bits per heavy atom. The first-order valence-corrected chi connectivity index (χ1v) is 13.3. The van der Waals surface area contributed by atoms with Crippen LogP contribution in [0.5, 0.6) is 5.88 Å². The van der Waals surface area contributed by atoms with Gasteiger partial charge in [-0.2, -0.15) is 5.10 Å². The van der Waals surface area contributed by atoms with Crippen molar-refractivity contribution in [3.8, 4) is 5.88 Å². The van der Waals surface area contributed by atoms with Gasteiger partial charge in [0.2, 0.25) is 5.88 Å². The first-order valence-electron chi connectivity index (χ1n) is 10.9. The smallest absolute Gasteiger partial charge is 0.251 e. The Kier molecular flexibility index (Phi) is 6.06. The molecule has 176 valence electrons. The van der Waals surface area contributed by atoms with E-state index >= 15 is 0 Å². The van der Waals surface area contributed by atoms with Crippen LogP contribution in [0, 0.1) is 5.92 Å². The molecule has 1 saturated heterocycles. The highest BCUT2D eigenvalue weighted by Gasteiger charge is 2.39. The zero-order valence-corrected chi connectivity index (χ0v) is 19.8. The molecule has 0 bridgehead atoms. The van der Waals surface area contributed by atoms with Crippen LogP contribution in [0.1, 0.15) is 38.1 Å². The van der Waals surface area contributed by atoms with Gasteiger partial charge in [-0.25, -0.2) is 18.4 Å². The Hall–Kier alpha value is -2.57. The third kappa shape index (κ3) is 4.73. The van der Waals surface area contributed by atoms with Gasteiger partial charge in [-0.15, -0.1) is 0 Å². The summed E-state index contributed by atoms with van der Waals surface area (Å²) in [4.78, 5) is 22.8. The van der Waals surface area contributed by atoms with Crippen LogP contribution in [-0.2, 0) is 19.4 Å². The molecular weight excluding hydrogens is 466 g/mol. The van der Waals surface area contributed by atoms with Gasteiger partial charge in [0.1, 0.15) is 16.4 Å². The molecule has 1 aliphatic heterocycles. The van der Waals surface area contributed by atoms with Crippen molar-refractivity contribution in [3.63, 3.8) is 0 Å². The number of hydrogen-bond donors (Lipinski definition) is 1. The third-order valence-corrected chi connectivity index (χ3v) is 9.06. The van der Waals surface area contributed by atoms with Gasteiger partial charge in [-0.1, -0.05) is 11.3 Å². The number of methoxy groups -OCH3 is 1. The highest BCUT2D eigenvalue weighted by atomic mass is 32.2. The van der Waals surface area contributed by atoms with Crippen LogP contribution in [-0.4, -0.2) is 59.6 Å². The summed E-state index contributed by atoms with van der Waals surface area (Å²) >= 11 is 1.26. The summed E-state index contributed by atoms with van der Waals surface area (Å²) in [5, 5.41) is 7.32. The SMILES string of the molecule is COc1ccc2nc(NC(=O)[C@H](CC3CCOCC3)n3ccc(S(=O)(=O)C4CC4)n3)sc2n1. The summed E-state index contributed by atoms with van der Waals surface area (Å²) in [6.07, 6.45) is 5.15. The van der Waals surface area contributed by atoms with E-state index in [0.29, 0.717) is 53.8 Å². The molecule has 1 N–H and O–H groups in total. The fourth-order valence-electron chi connectivity index (χ4n) is 3.98. The first kappa shape index (κ1) is 22.2. The van der Waals surface area contributed by atoms with Crippen molar-refractivity contribution in [1.82, 2.24) is 19.7 Å². The zero-order chi connectivity index (χ0) is 23.0. The second-order valence-electron chi connectivity index (χ2n) is 8.37. The van der Waals surface area contributed by atoms with E-state index in [-0.39, 0.29) is 22.1 Å². The average molecular weight is 492 g/mol. The van der Waals surface area contributed by atoms with Crippen molar-refractivity contribution in [2.75, 3.05) is 25.6 Å². The summed E-state index contributed by atoms with van der Waals surface area (Å²) in [5.74, 6) is 0.469. The van der Waals surface area contributed by atoms with Crippen molar-refractivity contribution in [2.45, 2.75) is 48.4 Å². The van der Waals surface area contributed by atoms with E-state index in [9.17, 15) is 13.2 Å². The Bertz CT molecular complexity index is 1260. The van der Waals surface area contributed by atoms with Crippen molar-refractivity contribution in [1.29, 1.82) is 0 Å². The van der Waals surface area contributed by atoms with E-state index in [1.807, 2.05) is 0 Å². The maximum atomic E-state index is 13.4. The molecule has 1 saturated carbocycles. The molecule has 3 aromatic rings. The number of aromatic nitrogens is 4. The van der Waals surface area contributed by atoms with Crippen LogP contribution < -0.4 is 10.1 Å². The molecule has 12 heteroatoms. The van der Waals surface area contributed by atoms with E-state index in [1.54, 1.807) is 25.4 Å². The van der Waals surface area contributed by atoms with Crippen LogP contribution in [0.2, 0.25) is 0 Å². The molecule has 2 fully saturated rings. The highest BCUT2D eigenvalue weighted by molar-refractivity contribution is 7.92. The van der Waals surface area contributed by atoms with Gasteiger partial charge in [-0.05, 0) is 50.2 Å². The standard InChI is InChI=1S/C21H25N5O5S2/c1-30-17-5-4-15-20(23-17)32-21(22-15)24-19(27)16(12-13-7-10-31-11-8-13)26-9-6-18(25-26)33(28,29)14-2-3-14/h4-6,9,13-14,16H,2-3,7-8,10-12H2,1H3,(H,22,24,27)/t16-/m0/s1. The molecule has 0 spiro atoms. The lowest BCUT2D eigenvalue weighted by Gasteiger charge is -2.26. The van der Waals surface area contributed by atoms with Gasteiger partial charge in [0.15, 0.2) is 20.0 Å². The molecule has 4 heterocycles. The van der Waals surface area contributed by atoms with E-state index < -0.39 is 15.9 Å². The second-order valence-corrected chi connectivity index (χ2v) is 11.5. The molecule has 0 aromatic carbocycles. The number of sulfone groups is 1. The van der Waals surface area contributed by atoms with E-state index in [4.69, 9.17) is 9.47 Å². The molecule has 2 aliphatic rings. The second kappa shape index (κ2) is 8.99. The Balaban J connectivity index is 1.40. The molecule has 1 aliphatic carbocycles. The van der Waals surface area contributed by atoms with Gasteiger partial charge in [-0.3, -0.25) is 9.48 Å². The van der Waals surface area contributed by atoms with E-state index in [1.165, 1.54) is 22.1 Å². The number of thiazole rings is 1. The molecule has 5 rings (SSSR count). The van der Waals surface area contributed by atoms with Crippen LogP contribution in [0.25, 0.3) is 10.3 Å². The number of nitrogens with one attached hydrogen (secondary N) is 1. The summed E-state index contributed by atoms with van der Waals surface area (Å²) in [7, 11) is -1.89. The average Bonchev–Trinajstić information content (AvgIpc) is 3.44. The minimum atomic E-state index is -3.43. The Morgan fingerprint density at radius 2 is 2.03 bits per heavy atom. The molecule has 1 amide bonds. The zero-order valence-electron chi connectivity index (χ0n) is 18.1. The van der Waals surface area contributed by atoms with Crippen molar-refractivity contribution in [3.05, 3.63) is 24.4 Å². The minimum Gasteiger partial charge on any atom is -0.481 e. The lowest BCUT2D eigenvalue weighted by atomic mass is 9.92. The van der Waals surface area contributed by atoms with E-state index in [2.05, 4.69) is 20.4 Å². The number of anilines is 1. The number of ether oxygens (including phenoxy) is 2. The number of rotatable bonds is 8. The minimum absolute atomic E-state index is 0.0334. The van der Waals surface area contributed by atoms with Crippen LogP contribution in [0.15, 0.2) is 29.4 Å². The maximum absolute atomic E-state index is 13.4. The molecular formula is C21H25N5O5S2. The fourth-order valence-corrected chi connectivity index (χ4v) is 6.37. The molecule has 3 aromatic heterocycles. The quantitative estimate of drug-likeness (QED) is 0.510. The van der Waals surface area contributed by atoms with Crippen molar-refractivity contribution >= 4 is 42.6 Å². The molecule has 1 atom stereocenters. The van der Waals surface area contributed by atoms with Gasteiger partial charge in [0.25, 0.3) is 5.91 Å². The lowest BCUT2D eigenvalue weighted by Crippen LogP contribution is -2.30. The predicted octanol–water partition coefficient (Wildman–Crippen LogP) is 2.83. The summed E-state index contributed by atoms with van der Waals surface area (Å²) in [6, 6.07) is 4.33. The Labute approximate surface area is 195 Å². The number of fused-ring (bicyclic) bond motifs is 1. The number of carbonyl (C=O) groups is 1. The van der Waals surface area contributed by atoms with Gasteiger partial charge in [0.05, 0.1) is 12.4 Å². The summed E-state index contributed by atoms with van der Waals surface area (Å²) in [6.45, 7) is 1.32. The van der Waals surface area contributed by atoms with Crippen LogP contribution in [0.4, 0.5) is 5.13 Å². The molecule has 0 unspecified atom stereocenters. The monoisotopic (exact) mass is 491 g/mol. The normalized spacial score (nSPS) is 18.3. The number of amides is 1. The fraction of sp³-hybridized carbons (Fsp3) is 0.524. The molecule has 33 heavy (non-hydrogen) atoms. The van der Waals surface area contributed by atoms with Gasteiger partial charge >= 0.3 is 0 Å². The van der Waals surface area contributed by atoms with E-state index in [0.717, 1.165) is 12.8 Å². The number of nitrogens with zero attached hydrogens (tertiary/aromatic N) is 4. The van der Waals surface area contributed by atoms with Gasteiger partial charge < -0.3 is 14.8 Å². The summed E-state index contributed by atoms with van der Waals surface area (Å²) < 4.78 is 37.3. The highest BCUT2D eigenvalue weighted by Crippen LogP contribution is 2.34. The van der Waals surface area contributed by atoms with Crippen molar-refractivity contribution < 1.29 is 22.7 Å². The molecule has 10 nitrogen and oxygen atoms in total. The lowest BCUT2D eigenvalue weighted by molar-refractivity contribution is -0.120. The summed E-state index contributed by atoms with van der Waals surface area (Å²) in [5.41, 5.74) is 0.661. The van der Waals surface area contributed by atoms with Crippen LogP contribution >= 0.6 is 11.3 Å². The third-order valence-electron chi connectivity index (χ3n) is 6.03. The number of carbonyl (C=O) groups excluding carboxylic acids is 1. The Morgan fingerprint density at radius 3 is 2.76 bits per heavy atom. The van der Waals surface area contributed by atoms with Gasteiger partial charge in [0, 0.05) is 25.5 Å². The molecule has 0 radical (unpaired) electrons. The first-order chi connectivity index (χ1) is 15.9.